The monoisotopic (exact) mass is 284 g/mol. The second-order valence-electron chi connectivity index (χ2n) is 5.66. The number of hydrogen-bond donors (Lipinski definition) is 0. The first kappa shape index (κ1) is 13.0. The zero-order chi connectivity index (χ0) is 15.1. The van der Waals surface area contributed by atoms with Gasteiger partial charge < -0.3 is 0 Å². The molecule has 0 amide bonds. The Hall–Kier alpha value is -2.74. The van der Waals surface area contributed by atoms with Crippen LogP contribution in [0.25, 0.3) is 32.8 Å². The van der Waals surface area contributed by atoms with Crippen LogP contribution in [0.15, 0.2) is 60.8 Å². The van der Waals surface area contributed by atoms with Gasteiger partial charge in [0.05, 0.1) is 5.69 Å². The van der Waals surface area contributed by atoms with Gasteiger partial charge in [-0.15, -0.1) is 0 Å². The van der Waals surface area contributed by atoms with E-state index in [-0.39, 0.29) is 0 Å². The van der Waals surface area contributed by atoms with E-state index in [0.717, 1.165) is 22.6 Å². The van der Waals surface area contributed by atoms with Crippen molar-refractivity contribution in [1.29, 1.82) is 0 Å². The van der Waals surface area contributed by atoms with Crippen LogP contribution in [0.3, 0.4) is 0 Å². The molecule has 2 heteroatoms. The first-order chi connectivity index (χ1) is 10.7. The molecule has 0 saturated carbocycles. The van der Waals surface area contributed by atoms with Crippen molar-refractivity contribution in [3.05, 3.63) is 72.2 Å². The van der Waals surface area contributed by atoms with Crippen LogP contribution in [0, 0.1) is 13.8 Å². The topological polar surface area (TPSA) is 25.8 Å². The van der Waals surface area contributed by atoms with Gasteiger partial charge >= 0.3 is 0 Å². The van der Waals surface area contributed by atoms with Crippen LogP contribution in [0.1, 0.15) is 11.4 Å². The lowest BCUT2D eigenvalue weighted by Gasteiger charge is -2.08. The Labute approximate surface area is 129 Å². The predicted molar refractivity (Wildman–Crippen MR) is 92.0 cm³/mol. The molecule has 0 radical (unpaired) electrons. The summed E-state index contributed by atoms with van der Waals surface area (Å²) in [6, 6.07) is 19.1. The number of pyridine rings is 2. The Bertz CT molecular complexity index is 1000. The van der Waals surface area contributed by atoms with Gasteiger partial charge in [0.25, 0.3) is 0 Å². The lowest BCUT2D eigenvalue weighted by atomic mass is 10.0. The van der Waals surface area contributed by atoms with E-state index in [9.17, 15) is 0 Å². The van der Waals surface area contributed by atoms with E-state index in [0.29, 0.717) is 0 Å². The molecule has 2 aromatic heterocycles. The summed E-state index contributed by atoms with van der Waals surface area (Å²) in [6.07, 6.45) is 1.95. The highest BCUT2D eigenvalue weighted by molar-refractivity contribution is 6.08. The quantitative estimate of drug-likeness (QED) is 0.456. The SMILES string of the molecule is Cc1ccc(-c2cc3c(ccc4ccccc43)cn2)c(C)n1. The summed E-state index contributed by atoms with van der Waals surface area (Å²) < 4.78 is 0. The van der Waals surface area contributed by atoms with Gasteiger partial charge in [-0.25, -0.2) is 0 Å². The summed E-state index contributed by atoms with van der Waals surface area (Å²) in [5.41, 5.74) is 4.13. The summed E-state index contributed by atoms with van der Waals surface area (Å²) in [6.45, 7) is 4.05. The van der Waals surface area contributed by atoms with E-state index in [1.54, 1.807) is 0 Å². The molecule has 0 aliphatic heterocycles. The van der Waals surface area contributed by atoms with Crippen molar-refractivity contribution in [2.24, 2.45) is 0 Å². The molecular formula is C20H16N2. The van der Waals surface area contributed by atoms with Crippen LogP contribution in [0.5, 0.6) is 0 Å². The first-order valence-corrected chi connectivity index (χ1v) is 7.44. The van der Waals surface area contributed by atoms with Gasteiger partial charge in [0.2, 0.25) is 0 Å². The van der Waals surface area contributed by atoms with E-state index < -0.39 is 0 Å². The molecule has 0 spiro atoms. The number of nitrogens with zero attached hydrogens (tertiary/aromatic N) is 2. The van der Waals surface area contributed by atoms with Gasteiger partial charge in [0.15, 0.2) is 0 Å². The molecular weight excluding hydrogens is 268 g/mol. The van der Waals surface area contributed by atoms with Crippen molar-refractivity contribution < 1.29 is 0 Å². The van der Waals surface area contributed by atoms with Crippen molar-refractivity contribution in [1.82, 2.24) is 9.97 Å². The highest BCUT2D eigenvalue weighted by Crippen LogP contribution is 2.29. The third-order valence-corrected chi connectivity index (χ3v) is 4.13. The smallest absolute Gasteiger partial charge is 0.0726 e. The average Bonchev–Trinajstić information content (AvgIpc) is 2.54. The molecule has 0 saturated heterocycles. The highest BCUT2D eigenvalue weighted by atomic mass is 14.7. The fraction of sp³-hybridized carbons (Fsp3) is 0.100. The van der Waals surface area contributed by atoms with Gasteiger partial charge in [-0.2, -0.15) is 0 Å². The average molecular weight is 284 g/mol. The fourth-order valence-electron chi connectivity index (χ4n) is 3.00. The molecule has 0 bridgehead atoms. The second kappa shape index (κ2) is 4.92. The van der Waals surface area contributed by atoms with Crippen molar-refractivity contribution in [3.63, 3.8) is 0 Å². The lowest BCUT2D eigenvalue weighted by Crippen LogP contribution is -1.92. The maximum atomic E-state index is 4.63. The third-order valence-electron chi connectivity index (χ3n) is 4.13. The Balaban J connectivity index is 2.02. The van der Waals surface area contributed by atoms with Gasteiger partial charge in [-0.05, 0) is 48.2 Å². The predicted octanol–water partition coefficient (Wildman–Crippen LogP) is 5.07. The largest absolute Gasteiger partial charge is 0.258 e. The van der Waals surface area contributed by atoms with E-state index in [2.05, 4.69) is 58.5 Å². The molecule has 0 unspecified atom stereocenters. The summed E-state index contributed by atoms with van der Waals surface area (Å²) >= 11 is 0. The minimum Gasteiger partial charge on any atom is -0.258 e. The maximum Gasteiger partial charge on any atom is 0.0726 e. The number of aryl methyl sites for hydroxylation is 2. The lowest BCUT2D eigenvalue weighted by molar-refractivity contribution is 1.12. The van der Waals surface area contributed by atoms with E-state index >= 15 is 0 Å². The first-order valence-electron chi connectivity index (χ1n) is 7.44. The van der Waals surface area contributed by atoms with Crippen LogP contribution in [0.4, 0.5) is 0 Å². The second-order valence-corrected chi connectivity index (χ2v) is 5.66. The van der Waals surface area contributed by atoms with Crippen molar-refractivity contribution in [3.8, 4) is 11.3 Å². The van der Waals surface area contributed by atoms with Crippen molar-refractivity contribution in [2.45, 2.75) is 13.8 Å². The van der Waals surface area contributed by atoms with Crippen molar-refractivity contribution >= 4 is 21.5 Å². The number of rotatable bonds is 1. The van der Waals surface area contributed by atoms with E-state index in [1.807, 2.05) is 26.1 Å². The molecule has 0 N–H and O–H groups in total. The van der Waals surface area contributed by atoms with Crippen LogP contribution >= 0.6 is 0 Å². The van der Waals surface area contributed by atoms with Gasteiger partial charge in [-0.3, -0.25) is 9.97 Å². The molecule has 2 aromatic carbocycles. The molecule has 2 nitrogen and oxygen atoms in total. The molecule has 22 heavy (non-hydrogen) atoms. The third kappa shape index (κ3) is 2.04. The standard InChI is InChI=1S/C20H16N2/c1-13-7-10-17(14(2)22-13)20-11-19-16(12-21-20)9-8-15-5-3-4-6-18(15)19/h3-12H,1-2H3. The molecule has 4 rings (SSSR count). The molecule has 0 atom stereocenters. The van der Waals surface area contributed by atoms with E-state index in [4.69, 9.17) is 0 Å². The molecule has 2 heterocycles. The summed E-state index contributed by atoms with van der Waals surface area (Å²) in [7, 11) is 0. The number of hydrogen-bond acceptors (Lipinski definition) is 2. The van der Waals surface area contributed by atoms with Crippen LogP contribution in [-0.4, -0.2) is 9.97 Å². The zero-order valence-corrected chi connectivity index (χ0v) is 12.7. The summed E-state index contributed by atoms with van der Waals surface area (Å²) in [5, 5.41) is 4.93. The van der Waals surface area contributed by atoms with Crippen LogP contribution in [0.2, 0.25) is 0 Å². The Morgan fingerprint density at radius 2 is 1.59 bits per heavy atom. The Morgan fingerprint density at radius 1 is 0.773 bits per heavy atom. The van der Waals surface area contributed by atoms with Crippen LogP contribution < -0.4 is 0 Å². The highest BCUT2D eigenvalue weighted by Gasteiger charge is 2.07. The zero-order valence-electron chi connectivity index (χ0n) is 12.7. The normalized spacial score (nSPS) is 11.2. The Morgan fingerprint density at radius 3 is 2.45 bits per heavy atom. The minimum atomic E-state index is 0.980. The fourth-order valence-corrected chi connectivity index (χ4v) is 3.00. The summed E-state index contributed by atoms with van der Waals surface area (Å²) in [5.74, 6) is 0. The van der Waals surface area contributed by atoms with Gasteiger partial charge in [-0.1, -0.05) is 36.4 Å². The molecule has 0 aliphatic rings. The molecule has 106 valence electrons. The van der Waals surface area contributed by atoms with Crippen molar-refractivity contribution in [2.75, 3.05) is 0 Å². The van der Waals surface area contributed by atoms with Gasteiger partial charge in [0.1, 0.15) is 0 Å². The summed E-state index contributed by atoms with van der Waals surface area (Å²) in [4.78, 5) is 9.19. The molecule has 0 aliphatic carbocycles. The maximum absolute atomic E-state index is 4.63. The molecule has 0 fully saturated rings. The number of aromatic nitrogens is 2. The van der Waals surface area contributed by atoms with E-state index in [1.165, 1.54) is 21.5 Å². The van der Waals surface area contributed by atoms with Crippen LogP contribution in [-0.2, 0) is 0 Å². The Kier molecular flexibility index (Phi) is 2.90. The van der Waals surface area contributed by atoms with Gasteiger partial charge in [0, 0.05) is 28.5 Å². The number of fused-ring (bicyclic) bond motifs is 3. The number of benzene rings is 2. The molecule has 4 aromatic rings. The minimum absolute atomic E-state index is 0.980.